The van der Waals surface area contributed by atoms with Gasteiger partial charge in [0, 0.05) is 9.26 Å². The number of nitrogens with one attached hydrogen (secondary N) is 1. The molecule has 0 aromatic heterocycles. The predicted molar refractivity (Wildman–Crippen MR) is 125 cm³/mol. The fourth-order valence-electron chi connectivity index (χ4n) is 3.22. The SMILES string of the molecule is O=C(Nc1ccc(I)cc1)[C@@H]1CN(S(=O)(=O)Cc2ccccc2)c2ccccc2O1. The van der Waals surface area contributed by atoms with Crippen LogP contribution in [0.2, 0.25) is 0 Å². The molecule has 0 radical (unpaired) electrons. The smallest absolute Gasteiger partial charge is 0.267 e. The van der Waals surface area contributed by atoms with Gasteiger partial charge < -0.3 is 10.1 Å². The Bertz CT molecular complexity index is 1150. The van der Waals surface area contributed by atoms with E-state index in [2.05, 4.69) is 27.9 Å². The quantitative estimate of drug-likeness (QED) is 0.502. The van der Waals surface area contributed by atoms with Crippen molar-refractivity contribution in [1.29, 1.82) is 0 Å². The highest BCUT2D eigenvalue weighted by molar-refractivity contribution is 14.1. The van der Waals surface area contributed by atoms with Gasteiger partial charge in [0.05, 0.1) is 18.0 Å². The molecule has 0 aliphatic carbocycles. The first-order valence-electron chi connectivity index (χ1n) is 9.29. The van der Waals surface area contributed by atoms with Gasteiger partial charge in [-0.3, -0.25) is 9.10 Å². The maximum atomic E-state index is 13.2. The highest BCUT2D eigenvalue weighted by Gasteiger charge is 2.36. The minimum absolute atomic E-state index is 0.0949. The van der Waals surface area contributed by atoms with E-state index >= 15 is 0 Å². The van der Waals surface area contributed by atoms with Crippen LogP contribution >= 0.6 is 22.6 Å². The lowest BCUT2D eigenvalue weighted by Gasteiger charge is -2.34. The number of para-hydroxylation sites is 2. The van der Waals surface area contributed by atoms with Crippen molar-refractivity contribution < 1.29 is 17.9 Å². The summed E-state index contributed by atoms with van der Waals surface area (Å²) in [6.07, 6.45) is -0.968. The second-order valence-corrected chi connectivity index (χ2v) is 9.98. The molecule has 0 bridgehead atoms. The molecular formula is C22H19IN2O4S. The van der Waals surface area contributed by atoms with Crippen LogP contribution in [0.25, 0.3) is 0 Å². The largest absolute Gasteiger partial charge is 0.476 e. The fraction of sp³-hybridized carbons (Fsp3) is 0.136. The first-order valence-corrected chi connectivity index (χ1v) is 12.0. The first-order chi connectivity index (χ1) is 14.4. The van der Waals surface area contributed by atoms with E-state index in [9.17, 15) is 13.2 Å². The van der Waals surface area contributed by atoms with Gasteiger partial charge in [-0.15, -0.1) is 0 Å². The summed E-state index contributed by atoms with van der Waals surface area (Å²) >= 11 is 2.18. The molecule has 0 fully saturated rings. The monoisotopic (exact) mass is 534 g/mol. The third-order valence-corrected chi connectivity index (χ3v) is 7.10. The van der Waals surface area contributed by atoms with Crippen molar-refractivity contribution in [3.8, 4) is 5.75 Å². The van der Waals surface area contributed by atoms with Crippen LogP contribution in [0.15, 0.2) is 78.9 Å². The fourth-order valence-corrected chi connectivity index (χ4v) is 5.16. The Labute approximate surface area is 189 Å². The van der Waals surface area contributed by atoms with Gasteiger partial charge >= 0.3 is 0 Å². The second kappa shape index (κ2) is 8.65. The van der Waals surface area contributed by atoms with E-state index in [0.29, 0.717) is 22.7 Å². The number of rotatable bonds is 5. The van der Waals surface area contributed by atoms with Crippen LogP contribution in [0, 0.1) is 3.57 Å². The molecule has 1 atom stereocenters. The number of hydrogen-bond donors (Lipinski definition) is 1. The number of benzene rings is 3. The van der Waals surface area contributed by atoms with Gasteiger partial charge in [-0.05, 0) is 64.6 Å². The summed E-state index contributed by atoms with van der Waals surface area (Å²) < 4.78 is 34.6. The third-order valence-electron chi connectivity index (χ3n) is 4.67. The van der Waals surface area contributed by atoms with Gasteiger partial charge in [-0.2, -0.15) is 0 Å². The van der Waals surface area contributed by atoms with Gasteiger partial charge in [0.2, 0.25) is 10.0 Å². The molecule has 0 saturated carbocycles. The molecule has 1 aliphatic rings. The van der Waals surface area contributed by atoms with Crippen LogP contribution in [0.3, 0.4) is 0 Å². The van der Waals surface area contributed by atoms with Crippen molar-refractivity contribution in [3.63, 3.8) is 0 Å². The summed E-state index contributed by atoms with van der Waals surface area (Å²) in [7, 11) is -3.72. The first kappa shape index (κ1) is 20.7. The van der Waals surface area contributed by atoms with E-state index in [1.165, 1.54) is 4.31 Å². The third kappa shape index (κ3) is 4.59. The zero-order valence-electron chi connectivity index (χ0n) is 15.9. The second-order valence-electron chi connectivity index (χ2n) is 6.84. The maximum absolute atomic E-state index is 13.2. The summed E-state index contributed by atoms with van der Waals surface area (Å²) in [5.74, 6) is -0.193. The highest BCUT2D eigenvalue weighted by atomic mass is 127. The van der Waals surface area contributed by atoms with Crippen molar-refractivity contribution in [2.24, 2.45) is 0 Å². The van der Waals surface area contributed by atoms with Crippen LogP contribution in [0.4, 0.5) is 11.4 Å². The standard InChI is InChI=1S/C22H19IN2O4S/c23-17-10-12-18(13-11-17)24-22(26)21-14-25(19-8-4-5-9-20(19)29-21)30(27,28)15-16-6-2-1-3-7-16/h1-13,21H,14-15H2,(H,24,26)/t21-/m0/s1. The Balaban J connectivity index is 1.60. The molecule has 3 aromatic carbocycles. The number of fused-ring (bicyclic) bond motifs is 1. The summed E-state index contributed by atoms with van der Waals surface area (Å²) in [6, 6.07) is 23.2. The molecule has 0 saturated heterocycles. The molecule has 6 nitrogen and oxygen atoms in total. The normalized spacial score (nSPS) is 15.8. The van der Waals surface area contributed by atoms with Crippen LogP contribution in [-0.4, -0.2) is 27.0 Å². The number of amides is 1. The molecule has 1 N–H and O–H groups in total. The molecular weight excluding hydrogens is 515 g/mol. The molecule has 3 aromatic rings. The Hall–Kier alpha value is -2.59. The van der Waals surface area contributed by atoms with E-state index in [-0.39, 0.29) is 12.3 Å². The molecule has 1 heterocycles. The number of halogens is 1. The van der Waals surface area contributed by atoms with Crippen LogP contribution in [0.5, 0.6) is 5.75 Å². The zero-order valence-corrected chi connectivity index (χ0v) is 18.8. The molecule has 0 spiro atoms. The van der Waals surface area contributed by atoms with Crippen LogP contribution in [0.1, 0.15) is 5.56 Å². The Morgan fingerprint density at radius 2 is 1.67 bits per heavy atom. The summed E-state index contributed by atoms with van der Waals surface area (Å²) in [5, 5.41) is 2.80. The Morgan fingerprint density at radius 1 is 1.00 bits per heavy atom. The van der Waals surface area contributed by atoms with E-state index in [4.69, 9.17) is 4.74 Å². The number of anilines is 2. The Kier molecular flexibility index (Phi) is 5.96. The maximum Gasteiger partial charge on any atom is 0.267 e. The van der Waals surface area contributed by atoms with Crippen LogP contribution < -0.4 is 14.4 Å². The average Bonchev–Trinajstić information content (AvgIpc) is 2.75. The number of hydrogen-bond acceptors (Lipinski definition) is 4. The van der Waals surface area contributed by atoms with E-state index in [1.54, 1.807) is 60.7 Å². The topological polar surface area (TPSA) is 75.7 Å². The number of sulfonamides is 1. The molecule has 1 amide bonds. The highest BCUT2D eigenvalue weighted by Crippen LogP contribution is 2.36. The number of carbonyl (C=O) groups excluding carboxylic acids is 1. The van der Waals surface area contributed by atoms with Gasteiger partial charge in [0.25, 0.3) is 5.91 Å². The molecule has 0 unspecified atom stereocenters. The van der Waals surface area contributed by atoms with E-state index < -0.39 is 22.0 Å². The summed E-state index contributed by atoms with van der Waals surface area (Å²) in [5.41, 5.74) is 1.75. The predicted octanol–water partition coefficient (Wildman–Crippen LogP) is 4.03. The van der Waals surface area contributed by atoms with E-state index in [0.717, 1.165) is 3.57 Å². The van der Waals surface area contributed by atoms with Crippen LogP contribution in [-0.2, 0) is 20.6 Å². The van der Waals surface area contributed by atoms with Crippen molar-refractivity contribution in [2.75, 3.05) is 16.2 Å². The molecule has 154 valence electrons. The van der Waals surface area contributed by atoms with Crippen molar-refractivity contribution >= 4 is 49.9 Å². The molecule has 30 heavy (non-hydrogen) atoms. The van der Waals surface area contributed by atoms with Gasteiger partial charge in [-0.25, -0.2) is 8.42 Å². The van der Waals surface area contributed by atoms with Crippen molar-refractivity contribution in [1.82, 2.24) is 0 Å². The molecule has 8 heteroatoms. The lowest BCUT2D eigenvalue weighted by molar-refractivity contribution is -0.122. The lowest BCUT2D eigenvalue weighted by atomic mass is 10.2. The van der Waals surface area contributed by atoms with E-state index in [1.807, 2.05) is 18.2 Å². The van der Waals surface area contributed by atoms with Gasteiger partial charge in [0.15, 0.2) is 6.10 Å². The minimum atomic E-state index is -3.72. The zero-order chi connectivity index (χ0) is 21.1. The average molecular weight is 534 g/mol. The number of ether oxygens (including phenoxy) is 1. The number of carbonyl (C=O) groups is 1. The summed E-state index contributed by atoms with van der Waals surface area (Å²) in [4.78, 5) is 12.8. The van der Waals surface area contributed by atoms with Gasteiger partial charge in [-0.1, -0.05) is 42.5 Å². The van der Waals surface area contributed by atoms with Crippen molar-refractivity contribution in [2.45, 2.75) is 11.9 Å². The van der Waals surface area contributed by atoms with Crippen molar-refractivity contribution in [3.05, 3.63) is 88.0 Å². The molecule has 4 rings (SSSR count). The van der Waals surface area contributed by atoms with Gasteiger partial charge in [0.1, 0.15) is 5.75 Å². The lowest BCUT2D eigenvalue weighted by Crippen LogP contribution is -2.49. The summed E-state index contributed by atoms with van der Waals surface area (Å²) in [6.45, 7) is -0.0949. The Morgan fingerprint density at radius 3 is 2.40 bits per heavy atom. The minimum Gasteiger partial charge on any atom is -0.476 e. The number of nitrogens with zero attached hydrogens (tertiary/aromatic N) is 1. The molecule has 1 aliphatic heterocycles.